The molecule has 1 unspecified atom stereocenters. The number of esters is 1. The molecule has 0 aromatic carbocycles. The molecule has 8 nitrogen and oxygen atoms in total. The van der Waals surface area contributed by atoms with Gasteiger partial charge in [-0.3, -0.25) is 9.35 Å². The molecule has 0 aliphatic carbocycles. The van der Waals surface area contributed by atoms with Gasteiger partial charge < -0.3 is 16.2 Å². The van der Waals surface area contributed by atoms with E-state index in [0.717, 1.165) is 0 Å². The van der Waals surface area contributed by atoms with Crippen molar-refractivity contribution in [3.63, 3.8) is 0 Å². The third-order valence-corrected chi connectivity index (χ3v) is 2.26. The van der Waals surface area contributed by atoms with Crippen molar-refractivity contribution in [1.82, 2.24) is 5.32 Å². The Kier molecular flexibility index (Phi) is 10.6. The van der Waals surface area contributed by atoms with E-state index in [-0.39, 0.29) is 43.9 Å². The Morgan fingerprint density at radius 2 is 1.94 bits per heavy atom. The van der Waals surface area contributed by atoms with Gasteiger partial charge in [0.1, 0.15) is 0 Å². The van der Waals surface area contributed by atoms with Crippen LogP contribution in [0.25, 0.3) is 0 Å². The molecule has 10 heteroatoms. The number of alkyl carbamates (subject to hydrolysis) is 1. The number of rotatable bonds is 6. The van der Waals surface area contributed by atoms with Gasteiger partial charge >= 0.3 is 41.6 Å². The maximum Gasteiger partial charge on any atom is 1.00 e. The summed E-state index contributed by atoms with van der Waals surface area (Å²) in [6.07, 6.45) is -1.81. The summed E-state index contributed by atoms with van der Waals surface area (Å²) >= 11 is 0. The summed E-state index contributed by atoms with van der Waals surface area (Å²) in [7, 11) is -4.02. The first-order valence-corrected chi connectivity index (χ1v) is 6.38. The van der Waals surface area contributed by atoms with Gasteiger partial charge in [0.25, 0.3) is 10.1 Å². The quantitative estimate of drug-likeness (QED) is 0.176. The fourth-order valence-corrected chi connectivity index (χ4v) is 1.40. The molecule has 0 heterocycles. The molecular weight excluding hydrogens is 277 g/mol. The molecule has 0 rings (SSSR count). The molecule has 0 aliphatic heterocycles. The number of carbonyl (C=O) groups excluding carboxylic acids is 2. The summed E-state index contributed by atoms with van der Waals surface area (Å²) in [4.78, 5) is 21.5. The van der Waals surface area contributed by atoms with Gasteiger partial charge in [-0.2, -0.15) is 8.42 Å². The number of ether oxygens (including phenoxy) is 2. The van der Waals surface area contributed by atoms with Crippen molar-refractivity contribution in [2.75, 3.05) is 12.3 Å². The van der Waals surface area contributed by atoms with Crippen molar-refractivity contribution in [2.45, 2.75) is 26.6 Å². The van der Waals surface area contributed by atoms with E-state index in [4.69, 9.17) is 4.55 Å². The largest absolute Gasteiger partial charge is 1.00 e. The standard InChI is InChI=1S/C8H15NO7S.Na.H/c1-6(10)15-7(2)16-8(11)9-4-3-5-17(12,13)14;;/h7H,3-5H2,1-2H3,(H,9,11)(H,12,13,14);;/q;+1;-1. The summed E-state index contributed by atoms with van der Waals surface area (Å²) in [5.74, 6) is -1.04. The molecule has 0 saturated heterocycles. The predicted molar refractivity (Wildman–Crippen MR) is 57.9 cm³/mol. The van der Waals surface area contributed by atoms with Crippen LogP contribution in [-0.2, 0) is 24.4 Å². The molecule has 2 N–H and O–H groups in total. The zero-order valence-electron chi connectivity index (χ0n) is 11.5. The van der Waals surface area contributed by atoms with E-state index in [1.807, 2.05) is 0 Å². The van der Waals surface area contributed by atoms with Gasteiger partial charge in [0.15, 0.2) is 0 Å². The van der Waals surface area contributed by atoms with Gasteiger partial charge in [0, 0.05) is 20.4 Å². The van der Waals surface area contributed by atoms with E-state index in [2.05, 4.69) is 14.8 Å². The van der Waals surface area contributed by atoms with Crippen molar-refractivity contribution in [2.24, 2.45) is 0 Å². The van der Waals surface area contributed by atoms with Gasteiger partial charge in [0.05, 0.1) is 5.75 Å². The second-order valence-electron chi connectivity index (χ2n) is 3.15. The molecule has 102 valence electrons. The Morgan fingerprint density at radius 1 is 1.39 bits per heavy atom. The fraction of sp³-hybridized carbons (Fsp3) is 0.750. The van der Waals surface area contributed by atoms with Crippen molar-refractivity contribution in [1.29, 1.82) is 0 Å². The molecule has 0 spiro atoms. The molecule has 0 aromatic rings. The first-order chi connectivity index (χ1) is 7.70. The van der Waals surface area contributed by atoms with Crippen molar-refractivity contribution in [3.05, 3.63) is 0 Å². The minimum absolute atomic E-state index is 0. The van der Waals surface area contributed by atoms with E-state index >= 15 is 0 Å². The number of hydrogen-bond acceptors (Lipinski definition) is 6. The van der Waals surface area contributed by atoms with Crippen LogP contribution in [0.1, 0.15) is 21.7 Å². The summed E-state index contributed by atoms with van der Waals surface area (Å²) < 4.78 is 38.2. The Labute approximate surface area is 129 Å². The first kappa shape index (κ1) is 20.0. The van der Waals surface area contributed by atoms with Gasteiger partial charge in [-0.1, -0.05) is 0 Å². The molecule has 1 atom stereocenters. The maximum absolute atomic E-state index is 11.0. The van der Waals surface area contributed by atoms with E-state index < -0.39 is 34.2 Å². The predicted octanol–water partition coefficient (Wildman–Crippen LogP) is -2.98. The van der Waals surface area contributed by atoms with Crippen LogP contribution in [0.5, 0.6) is 0 Å². The normalized spacial score (nSPS) is 11.9. The van der Waals surface area contributed by atoms with Crippen LogP contribution in [0, 0.1) is 0 Å². The summed E-state index contributed by atoms with van der Waals surface area (Å²) in [6.45, 7) is 2.55. The van der Waals surface area contributed by atoms with Gasteiger partial charge in [-0.25, -0.2) is 4.79 Å². The third-order valence-electron chi connectivity index (χ3n) is 1.45. The SMILES string of the molecule is CC(=O)OC(C)OC(=O)NCCCS(=O)(=O)O.[H-].[Na+]. The second-order valence-corrected chi connectivity index (χ2v) is 4.72. The van der Waals surface area contributed by atoms with Crippen LogP contribution in [0.15, 0.2) is 0 Å². The molecule has 0 aromatic heterocycles. The Bertz CT molecular complexity index is 375. The molecule has 1 amide bonds. The van der Waals surface area contributed by atoms with Crippen LogP contribution in [0.3, 0.4) is 0 Å². The Hall–Kier alpha value is -0.350. The maximum atomic E-state index is 11.0. The van der Waals surface area contributed by atoms with E-state index in [1.165, 1.54) is 13.8 Å². The molecular formula is C8H16NNaO7S. The van der Waals surface area contributed by atoms with Crippen LogP contribution in [0.2, 0.25) is 0 Å². The number of amides is 1. The first-order valence-electron chi connectivity index (χ1n) is 4.77. The molecule has 0 fully saturated rings. The minimum atomic E-state index is -4.02. The summed E-state index contributed by atoms with van der Waals surface area (Å²) in [5, 5.41) is 2.23. The summed E-state index contributed by atoms with van der Waals surface area (Å²) in [5.41, 5.74) is 0. The summed E-state index contributed by atoms with van der Waals surface area (Å²) in [6, 6.07) is 0. The number of nitrogens with one attached hydrogen (secondary N) is 1. The van der Waals surface area contributed by atoms with Crippen LogP contribution in [-0.4, -0.2) is 43.6 Å². The van der Waals surface area contributed by atoms with Crippen molar-refractivity contribution >= 4 is 22.2 Å². The van der Waals surface area contributed by atoms with Gasteiger partial charge in [-0.15, -0.1) is 0 Å². The fourth-order valence-electron chi connectivity index (χ4n) is 0.895. The molecule has 0 radical (unpaired) electrons. The number of hydrogen-bond donors (Lipinski definition) is 2. The van der Waals surface area contributed by atoms with E-state index in [9.17, 15) is 18.0 Å². The average molecular weight is 293 g/mol. The minimum Gasteiger partial charge on any atom is -1.00 e. The monoisotopic (exact) mass is 293 g/mol. The van der Waals surface area contributed by atoms with Gasteiger partial charge in [-0.05, 0) is 6.42 Å². The molecule has 0 bridgehead atoms. The van der Waals surface area contributed by atoms with E-state index in [0.29, 0.717) is 0 Å². The van der Waals surface area contributed by atoms with Crippen LogP contribution < -0.4 is 34.9 Å². The Balaban J connectivity index is -0.00000128. The molecule has 18 heavy (non-hydrogen) atoms. The Morgan fingerprint density at radius 3 is 2.39 bits per heavy atom. The van der Waals surface area contributed by atoms with Crippen LogP contribution >= 0.6 is 0 Å². The van der Waals surface area contributed by atoms with Crippen LogP contribution in [0.4, 0.5) is 4.79 Å². The molecule has 0 aliphatic rings. The zero-order valence-corrected chi connectivity index (χ0v) is 13.3. The third kappa shape index (κ3) is 13.7. The van der Waals surface area contributed by atoms with E-state index in [1.54, 1.807) is 0 Å². The van der Waals surface area contributed by atoms with Crippen molar-refractivity contribution < 1.29 is 63.0 Å². The topological polar surface area (TPSA) is 119 Å². The number of carbonyl (C=O) groups is 2. The second kappa shape index (κ2) is 9.56. The zero-order chi connectivity index (χ0) is 13.5. The molecule has 0 saturated carbocycles. The average Bonchev–Trinajstić information content (AvgIpc) is 2.09. The van der Waals surface area contributed by atoms with Crippen molar-refractivity contribution in [3.8, 4) is 0 Å². The smallest absolute Gasteiger partial charge is 1.00 e. The van der Waals surface area contributed by atoms with Gasteiger partial charge in [0.2, 0.25) is 6.29 Å².